The molecular weight excluding hydrogens is 512 g/mol. The summed E-state index contributed by atoms with van der Waals surface area (Å²) in [5.41, 5.74) is 2.15. The Morgan fingerprint density at radius 2 is 1.64 bits per heavy atom. The molecular formula is C31H36F4O4. The zero-order chi connectivity index (χ0) is 27.6. The summed E-state index contributed by atoms with van der Waals surface area (Å²) in [4.78, 5) is 0. The van der Waals surface area contributed by atoms with Crippen LogP contribution in [0, 0.1) is 11.6 Å². The first-order valence-electron chi connectivity index (χ1n) is 13.7. The van der Waals surface area contributed by atoms with Crippen molar-refractivity contribution < 1.29 is 36.5 Å². The van der Waals surface area contributed by atoms with E-state index in [2.05, 4.69) is 11.7 Å². The Labute approximate surface area is 227 Å². The maximum atomic E-state index is 15.2. The van der Waals surface area contributed by atoms with Crippen molar-refractivity contribution in [3.05, 3.63) is 76.9 Å². The third kappa shape index (κ3) is 8.65. The third-order valence-electron chi connectivity index (χ3n) is 6.95. The monoisotopic (exact) mass is 548 g/mol. The number of hydrogen-bond donors (Lipinski definition) is 0. The molecule has 1 fully saturated rings. The summed E-state index contributed by atoms with van der Waals surface area (Å²) in [5.74, 6) is -1.68. The molecule has 0 N–H and O–H groups in total. The van der Waals surface area contributed by atoms with Gasteiger partial charge in [-0.05, 0) is 59.9 Å². The molecule has 4 rings (SSSR count). The van der Waals surface area contributed by atoms with Gasteiger partial charge >= 0.3 is 6.61 Å². The van der Waals surface area contributed by atoms with Crippen LogP contribution in [-0.2, 0) is 33.5 Å². The molecule has 3 aromatic rings. The molecule has 0 unspecified atom stereocenters. The van der Waals surface area contributed by atoms with Gasteiger partial charge in [0, 0.05) is 18.4 Å². The third-order valence-corrected chi connectivity index (χ3v) is 6.95. The lowest BCUT2D eigenvalue weighted by atomic mass is 9.98. The Kier molecular flexibility index (Phi) is 11.0. The Balaban J connectivity index is 1.26. The minimum absolute atomic E-state index is 0.0152. The van der Waals surface area contributed by atoms with Crippen molar-refractivity contribution in [3.63, 3.8) is 0 Å². The van der Waals surface area contributed by atoms with Gasteiger partial charge in [-0.15, -0.1) is 0 Å². The molecule has 4 nitrogen and oxygen atoms in total. The molecule has 0 amide bonds. The zero-order valence-electron chi connectivity index (χ0n) is 22.3. The summed E-state index contributed by atoms with van der Waals surface area (Å²) in [6.07, 6.45) is 6.53. The minimum atomic E-state index is -3.09. The normalized spacial score (nSPS) is 17.7. The number of ether oxygens (including phenoxy) is 4. The highest BCUT2D eigenvalue weighted by atomic mass is 19.3. The van der Waals surface area contributed by atoms with Crippen LogP contribution < -0.4 is 4.74 Å². The molecule has 0 radical (unpaired) electrons. The first-order valence-corrected chi connectivity index (χ1v) is 13.7. The first kappa shape index (κ1) is 29.3. The molecule has 0 saturated carbocycles. The summed E-state index contributed by atoms with van der Waals surface area (Å²) in [6, 6.07) is 13.1. The number of unbranched alkanes of at least 4 members (excludes halogenated alkanes) is 3. The van der Waals surface area contributed by atoms with Gasteiger partial charge in [-0.25, -0.2) is 8.78 Å². The van der Waals surface area contributed by atoms with Crippen LogP contribution >= 0.6 is 0 Å². The SMILES string of the molecule is CCCCCCOC1COC(CCc2ccc3c(F)c(CCc4ccc(OC(F)F)c(F)c4)ccc3c2)OC1. The summed E-state index contributed by atoms with van der Waals surface area (Å²) >= 11 is 0. The summed E-state index contributed by atoms with van der Waals surface area (Å²) in [5, 5.41) is 1.32. The largest absolute Gasteiger partial charge is 0.432 e. The first-order chi connectivity index (χ1) is 18.9. The lowest BCUT2D eigenvalue weighted by Gasteiger charge is -2.29. The van der Waals surface area contributed by atoms with Crippen LogP contribution in [0.2, 0.25) is 0 Å². The molecule has 0 aliphatic carbocycles. The van der Waals surface area contributed by atoms with E-state index in [1.807, 2.05) is 18.2 Å². The van der Waals surface area contributed by atoms with Crippen LogP contribution in [0.15, 0.2) is 48.5 Å². The van der Waals surface area contributed by atoms with Gasteiger partial charge < -0.3 is 18.9 Å². The fourth-order valence-electron chi connectivity index (χ4n) is 4.76. The highest BCUT2D eigenvalue weighted by Gasteiger charge is 2.22. The highest BCUT2D eigenvalue weighted by Crippen LogP contribution is 2.26. The second kappa shape index (κ2) is 14.6. The maximum Gasteiger partial charge on any atom is 0.387 e. The second-order valence-electron chi connectivity index (χ2n) is 9.93. The average Bonchev–Trinajstić information content (AvgIpc) is 2.93. The van der Waals surface area contributed by atoms with Crippen LogP contribution in [0.1, 0.15) is 55.7 Å². The van der Waals surface area contributed by atoms with E-state index in [1.54, 1.807) is 12.1 Å². The summed E-state index contributed by atoms with van der Waals surface area (Å²) < 4.78 is 75.5. The molecule has 3 aromatic carbocycles. The van der Waals surface area contributed by atoms with Gasteiger partial charge in [-0.1, -0.05) is 62.6 Å². The fourth-order valence-corrected chi connectivity index (χ4v) is 4.76. The van der Waals surface area contributed by atoms with Crippen molar-refractivity contribution in [2.24, 2.45) is 0 Å². The number of aryl methyl sites for hydroxylation is 3. The van der Waals surface area contributed by atoms with Crippen molar-refractivity contribution in [1.29, 1.82) is 0 Å². The molecule has 0 aromatic heterocycles. The fraction of sp³-hybridized carbons (Fsp3) is 0.484. The number of rotatable bonds is 14. The van der Waals surface area contributed by atoms with Crippen molar-refractivity contribution in [1.82, 2.24) is 0 Å². The van der Waals surface area contributed by atoms with Crippen molar-refractivity contribution >= 4 is 10.8 Å². The maximum absolute atomic E-state index is 15.2. The Morgan fingerprint density at radius 1 is 0.872 bits per heavy atom. The quantitative estimate of drug-likeness (QED) is 0.152. The predicted octanol–water partition coefficient (Wildman–Crippen LogP) is 7.78. The molecule has 1 aliphatic rings. The van der Waals surface area contributed by atoms with Crippen molar-refractivity contribution in [3.8, 4) is 5.75 Å². The molecule has 8 heteroatoms. The van der Waals surface area contributed by atoms with Gasteiger partial charge in [0.1, 0.15) is 11.9 Å². The smallest absolute Gasteiger partial charge is 0.387 e. The van der Waals surface area contributed by atoms with E-state index in [1.165, 1.54) is 31.4 Å². The van der Waals surface area contributed by atoms with Crippen molar-refractivity contribution in [2.75, 3.05) is 19.8 Å². The topological polar surface area (TPSA) is 36.9 Å². The Morgan fingerprint density at radius 3 is 2.38 bits per heavy atom. The molecule has 1 heterocycles. The van der Waals surface area contributed by atoms with Crippen LogP contribution in [0.25, 0.3) is 10.8 Å². The number of hydrogen-bond acceptors (Lipinski definition) is 4. The zero-order valence-corrected chi connectivity index (χ0v) is 22.3. The molecule has 39 heavy (non-hydrogen) atoms. The van der Waals surface area contributed by atoms with E-state index >= 15 is 4.39 Å². The Bertz CT molecular complexity index is 1190. The lowest BCUT2D eigenvalue weighted by molar-refractivity contribution is -0.227. The number of fused-ring (bicyclic) bond motifs is 1. The molecule has 1 saturated heterocycles. The molecule has 0 atom stereocenters. The van der Waals surface area contributed by atoms with Gasteiger partial charge in [0.05, 0.1) is 13.2 Å². The molecule has 212 valence electrons. The molecule has 1 aliphatic heterocycles. The van der Waals surface area contributed by atoms with Gasteiger partial charge in [0.25, 0.3) is 0 Å². The summed E-state index contributed by atoms with van der Waals surface area (Å²) in [7, 11) is 0. The minimum Gasteiger partial charge on any atom is -0.432 e. The van der Waals surface area contributed by atoms with E-state index < -0.39 is 18.2 Å². The molecule has 0 spiro atoms. The van der Waals surface area contributed by atoms with Crippen molar-refractivity contribution in [2.45, 2.75) is 77.3 Å². The lowest BCUT2D eigenvalue weighted by Crippen LogP contribution is -2.37. The van der Waals surface area contributed by atoms with Gasteiger partial charge in [0.2, 0.25) is 0 Å². The van der Waals surface area contributed by atoms with Crippen LogP contribution in [0.4, 0.5) is 17.6 Å². The van der Waals surface area contributed by atoms with E-state index in [9.17, 15) is 13.2 Å². The number of alkyl halides is 2. The van der Waals surface area contributed by atoms with Gasteiger partial charge in [-0.2, -0.15) is 8.78 Å². The van der Waals surface area contributed by atoms with Crippen LogP contribution in [0.3, 0.4) is 0 Å². The predicted molar refractivity (Wildman–Crippen MR) is 142 cm³/mol. The van der Waals surface area contributed by atoms with E-state index in [0.29, 0.717) is 49.0 Å². The number of benzene rings is 3. The molecule has 0 bridgehead atoms. The van der Waals surface area contributed by atoms with E-state index in [0.717, 1.165) is 36.5 Å². The Hall–Kier alpha value is -2.68. The second-order valence-corrected chi connectivity index (χ2v) is 9.93. The van der Waals surface area contributed by atoms with E-state index in [-0.39, 0.29) is 18.2 Å². The van der Waals surface area contributed by atoms with Gasteiger partial charge in [0.15, 0.2) is 17.9 Å². The van der Waals surface area contributed by atoms with E-state index in [4.69, 9.17) is 14.2 Å². The van der Waals surface area contributed by atoms with Crippen LogP contribution in [0.5, 0.6) is 5.75 Å². The highest BCUT2D eigenvalue weighted by molar-refractivity contribution is 5.84. The number of halogens is 4. The average molecular weight is 549 g/mol. The van der Waals surface area contributed by atoms with Crippen LogP contribution in [-0.4, -0.2) is 38.8 Å². The van der Waals surface area contributed by atoms with Gasteiger partial charge in [-0.3, -0.25) is 0 Å². The summed E-state index contributed by atoms with van der Waals surface area (Å²) in [6.45, 7) is 0.896. The standard InChI is InChI=1S/C31H36F4O4/c1-2-3-4-5-16-36-25-19-37-29(38-20-25)15-9-21-7-13-26-24(17-21)12-11-23(30(26)33)10-6-22-8-14-28(27(32)18-22)39-31(34)35/h7-8,11-14,17-18,25,29,31H,2-6,9-10,15-16,19-20H2,1H3.